The summed E-state index contributed by atoms with van der Waals surface area (Å²) >= 11 is 0. The van der Waals surface area contributed by atoms with Crippen molar-refractivity contribution in [2.45, 2.75) is 0 Å². The molecule has 0 radical (unpaired) electrons. The molecule has 5 nitrogen and oxygen atoms in total. The monoisotopic (exact) mass is 111 g/mol. The van der Waals surface area contributed by atoms with Crippen molar-refractivity contribution in [2.75, 3.05) is 0 Å². The van der Waals surface area contributed by atoms with Crippen LogP contribution >= 0.6 is 0 Å². The highest BCUT2D eigenvalue weighted by molar-refractivity contribution is 5.36. The standard InChI is InChI=1S/C3H5N5/c4-2-1-3-5-7-8-6-3/h1-2H,4H2,(H,5,6,7,8)/b2-1+. The maximum Gasteiger partial charge on any atom is 0.198 e. The Morgan fingerprint density at radius 3 is 3.00 bits per heavy atom. The van der Waals surface area contributed by atoms with Gasteiger partial charge in [-0.3, -0.25) is 0 Å². The van der Waals surface area contributed by atoms with Gasteiger partial charge in [0.1, 0.15) is 0 Å². The van der Waals surface area contributed by atoms with Crippen LogP contribution in [0.2, 0.25) is 0 Å². The van der Waals surface area contributed by atoms with Gasteiger partial charge in [0, 0.05) is 6.08 Å². The molecule has 0 saturated heterocycles. The first kappa shape index (κ1) is 4.76. The minimum absolute atomic E-state index is 0.493. The lowest BCUT2D eigenvalue weighted by Crippen LogP contribution is -1.79. The van der Waals surface area contributed by atoms with Gasteiger partial charge in [-0.1, -0.05) is 0 Å². The fourth-order valence-corrected chi connectivity index (χ4v) is 0.326. The van der Waals surface area contributed by atoms with Gasteiger partial charge in [-0.2, -0.15) is 5.21 Å². The normalized spacial score (nSPS) is 10.5. The Bertz CT molecular complexity index is 164. The molecule has 1 heterocycles. The van der Waals surface area contributed by atoms with Crippen molar-refractivity contribution >= 4 is 6.08 Å². The number of nitrogens with one attached hydrogen (secondary N) is 1. The van der Waals surface area contributed by atoms with Gasteiger partial charge >= 0.3 is 0 Å². The highest BCUT2D eigenvalue weighted by Crippen LogP contribution is 1.82. The lowest BCUT2D eigenvalue weighted by atomic mass is 10.6. The van der Waals surface area contributed by atoms with Crippen molar-refractivity contribution in [3.05, 3.63) is 12.0 Å². The molecule has 0 aliphatic carbocycles. The number of hydrogen-bond donors (Lipinski definition) is 2. The van der Waals surface area contributed by atoms with E-state index in [0.29, 0.717) is 5.82 Å². The van der Waals surface area contributed by atoms with Crippen molar-refractivity contribution in [1.29, 1.82) is 0 Å². The minimum Gasteiger partial charge on any atom is -0.404 e. The SMILES string of the molecule is N/C=C/c1nn[nH]n1. The van der Waals surface area contributed by atoms with Crippen molar-refractivity contribution in [1.82, 2.24) is 20.6 Å². The third-order valence-corrected chi connectivity index (χ3v) is 0.607. The zero-order valence-corrected chi connectivity index (χ0v) is 4.07. The highest BCUT2D eigenvalue weighted by Gasteiger charge is 1.85. The average Bonchev–Trinajstić information content (AvgIpc) is 2.19. The number of H-pyrrole nitrogens is 1. The molecule has 0 aromatic carbocycles. The predicted octanol–water partition coefficient (Wildman–Crippen LogP) is -0.871. The lowest BCUT2D eigenvalue weighted by Gasteiger charge is -1.70. The van der Waals surface area contributed by atoms with Crippen LogP contribution in [0.4, 0.5) is 0 Å². The first-order valence-electron chi connectivity index (χ1n) is 2.05. The number of hydrogen-bond acceptors (Lipinski definition) is 4. The van der Waals surface area contributed by atoms with Crippen LogP contribution in [0.1, 0.15) is 5.82 Å². The molecule has 0 saturated carbocycles. The second kappa shape index (κ2) is 2.06. The van der Waals surface area contributed by atoms with Crippen LogP contribution in [0, 0.1) is 0 Å². The van der Waals surface area contributed by atoms with Crippen LogP contribution in [0.5, 0.6) is 0 Å². The smallest absolute Gasteiger partial charge is 0.198 e. The molecule has 0 bridgehead atoms. The van der Waals surface area contributed by atoms with Gasteiger partial charge in [0.2, 0.25) is 0 Å². The Kier molecular flexibility index (Phi) is 1.23. The summed E-state index contributed by atoms with van der Waals surface area (Å²) in [6.45, 7) is 0. The van der Waals surface area contributed by atoms with Gasteiger partial charge in [-0.25, -0.2) is 0 Å². The lowest BCUT2D eigenvalue weighted by molar-refractivity contribution is 0.881. The fourth-order valence-electron chi connectivity index (χ4n) is 0.326. The third kappa shape index (κ3) is 0.810. The van der Waals surface area contributed by atoms with E-state index in [1.807, 2.05) is 0 Å². The van der Waals surface area contributed by atoms with Crippen LogP contribution in [-0.4, -0.2) is 20.6 Å². The van der Waals surface area contributed by atoms with Crippen LogP contribution < -0.4 is 5.73 Å². The molecule has 0 aliphatic heterocycles. The number of rotatable bonds is 1. The topological polar surface area (TPSA) is 80.5 Å². The van der Waals surface area contributed by atoms with E-state index in [9.17, 15) is 0 Å². The van der Waals surface area contributed by atoms with Gasteiger partial charge in [0.15, 0.2) is 5.82 Å². The van der Waals surface area contributed by atoms with Gasteiger partial charge in [0.25, 0.3) is 0 Å². The molecule has 0 fully saturated rings. The second-order valence-corrected chi connectivity index (χ2v) is 1.13. The summed E-state index contributed by atoms with van der Waals surface area (Å²) in [5.74, 6) is 0.493. The molecule has 0 spiro atoms. The van der Waals surface area contributed by atoms with Crippen molar-refractivity contribution in [2.24, 2.45) is 5.73 Å². The van der Waals surface area contributed by atoms with Crippen molar-refractivity contribution < 1.29 is 0 Å². The Labute approximate surface area is 45.6 Å². The fraction of sp³-hybridized carbons (Fsp3) is 0. The van der Waals surface area contributed by atoms with Gasteiger partial charge < -0.3 is 5.73 Å². The van der Waals surface area contributed by atoms with Crippen LogP contribution in [0.15, 0.2) is 6.20 Å². The summed E-state index contributed by atoms with van der Waals surface area (Å²) in [4.78, 5) is 0. The first-order chi connectivity index (χ1) is 3.93. The molecular formula is C3H5N5. The quantitative estimate of drug-likeness (QED) is 0.493. The largest absolute Gasteiger partial charge is 0.404 e. The van der Waals surface area contributed by atoms with Crippen LogP contribution in [0.3, 0.4) is 0 Å². The molecule has 5 heteroatoms. The summed E-state index contributed by atoms with van der Waals surface area (Å²) in [6, 6.07) is 0. The molecule has 0 amide bonds. The van der Waals surface area contributed by atoms with E-state index in [-0.39, 0.29) is 0 Å². The first-order valence-corrected chi connectivity index (χ1v) is 2.05. The Balaban J connectivity index is 2.77. The molecule has 3 N–H and O–H groups in total. The third-order valence-electron chi connectivity index (χ3n) is 0.607. The van der Waals surface area contributed by atoms with E-state index >= 15 is 0 Å². The van der Waals surface area contributed by atoms with Gasteiger partial charge in [-0.05, 0) is 11.4 Å². The molecule has 42 valence electrons. The van der Waals surface area contributed by atoms with Crippen LogP contribution in [0.25, 0.3) is 6.08 Å². The molecule has 8 heavy (non-hydrogen) atoms. The Hall–Kier alpha value is -1.39. The number of aromatic nitrogens is 4. The number of aromatic amines is 1. The summed E-state index contributed by atoms with van der Waals surface area (Å²) in [5.41, 5.74) is 5.02. The number of nitrogens with two attached hydrogens (primary N) is 1. The van der Waals surface area contributed by atoms with E-state index in [1.165, 1.54) is 6.20 Å². The van der Waals surface area contributed by atoms with E-state index in [2.05, 4.69) is 20.6 Å². The zero-order valence-electron chi connectivity index (χ0n) is 4.07. The van der Waals surface area contributed by atoms with E-state index in [0.717, 1.165) is 0 Å². The summed E-state index contributed by atoms with van der Waals surface area (Å²) < 4.78 is 0. The highest BCUT2D eigenvalue weighted by atomic mass is 15.5. The second-order valence-electron chi connectivity index (χ2n) is 1.13. The maximum atomic E-state index is 5.02. The number of nitrogens with zero attached hydrogens (tertiary/aromatic N) is 3. The Morgan fingerprint density at radius 2 is 2.50 bits per heavy atom. The molecule has 1 aromatic rings. The molecule has 1 aromatic heterocycles. The summed E-state index contributed by atoms with van der Waals surface area (Å²) in [6.07, 6.45) is 2.90. The van der Waals surface area contributed by atoms with Gasteiger partial charge in [-0.15, -0.1) is 10.2 Å². The van der Waals surface area contributed by atoms with Gasteiger partial charge in [0.05, 0.1) is 0 Å². The summed E-state index contributed by atoms with van der Waals surface area (Å²) in [5, 5.41) is 12.8. The Morgan fingerprint density at radius 1 is 1.62 bits per heavy atom. The van der Waals surface area contributed by atoms with E-state index in [1.54, 1.807) is 6.08 Å². The predicted molar refractivity (Wildman–Crippen MR) is 27.4 cm³/mol. The van der Waals surface area contributed by atoms with E-state index in [4.69, 9.17) is 5.73 Å². The minimum atomic E-state index is 0.493. The molecule has 0 unspecified atom stereocenters. The molecule has 0 aliphatic rings. The van der Waals surface area contributed by atoms with Crippen LogP contribution in [-0.2, 0) is 0 Å². The van der Waals surface area contributed by atoms with Crippen molar-refractivity contribution in [3.63, 3.8) is 0 Å². The van der Waals surface area contributed by atoms with Crippen molar-refractivity contribution in [3.8, 4) is 0 Å². The zero-order chi connectivity index (χ0) is 5.82. The maximum absolute atomic E-state index is 5.02. The summed E-state index contributed by atoms with van der Waals surface area (Å²) in [7, 11) is 0. The number of tetrazole rings is 1. The van der Waals surface area contributed by atoms with E-state index < -0.39 is 0 Å². The molecular weight excluding hydrogens is 106 g/mol. The average molecular weight is 111 g/mol. The molecule has 1 rings (SSSR count). The molecule has 0 atom stereocenters.